The molecule has 1 saturated heterocycles. The lowest BCUT2D eigenvalue weighted by atomic mass is 10.0. The van der Waals surface area contributed by atoms with Crippen molar-refractivity contribution in [3.63, 3.8) is 0 Å². The first-order valence-electron chi connectivity index (χ1n) is 6.40. The number of piperidine rings is 1. The molecule has 1 aliphatic heterocycles. The van der Waals surface area contributed by atoms with E-state index in [0.29, 0.717) is 12.6 Å². The topological polar surface area (TPSA) is 66.6 Å². The second kappa shape index (κ2) is 5.04. The SMILES string of the molecule is CC(=O)N(C1CC1)C1CCCN(C(=O)CN)C1. The molecule has 2 N–H and O–H groups in total. The highest BCUT2D eigenvalue weighted by Gasteiger charge is 2.37. The van der Waals surface area contributed by atoms with Gasteiger partial charge in [-0.25, -0.2) is 0 Å². The zero-order valence-corrected chi connectivity index (χ0v) is 10.4. The number of amides is 2. The van der Waals surface area contributed by atoms with Crippen molar-refractivity contribution in [2.75, 3.05) is 19.6 Å². The van der Waals surface area contributed by atoms with Crippen molar-refractivity contribution in [3.8, 4) is 0 Å². The van der Waals surface area contributed by atoms with Gasteiger partial charge in [-0.1, -0.05) is 0 Å². The molecular formula is C12H21N3O2. The third-order valence-corrected chi connectivity index (χ3v) is 3.62. The van der Waals surface area contributed by atoms with Crippen molar-refractivity contribution in [2.24, 2.45) is 5.73 Å². The van der Waals surface area contributed by atoms with Crippen LogP contribution in [0.4, 0.5) is 0 Å². The van der Waals surface area contributed by atoms with Crippen molar-refractivity contribution < 1.29 is 9.59 Å². The van der Waals surface area contributed by atoms with Crippen molar-refractivity contribution in [1.82, 2.24) is 9.80 Å². The van der Waals surface area contributed by atoms with Crippen molar-refractivity contribution in [1.29, 1.82) is 0 Å². The van der Waals surface area contributed by atoms with E-state index in [0.717, 1.165) is 32.2 Å². The van der Waals surface area contributed by atoms with E-state index in [1.165, 1.54) is 0 Å². The fourth-order valence-corrected chi connectivity index (χ4v) is 2.70. The smallest absolute Gasteiger partial charge is 0.236 e. The van der Waals surface area contributed by atoms with Crippen LogP contribution < -0.4 is 5.73 Å². The first-order chi connectivity index (χ1) is 8.13. The molecule has 2 rings (SSSR count). The maximum Gasteiger partial charge on any atom is 0.236 e. The lowest BCUT2D eigenvalue weighted by Gasteiger charge is -2.39. The van der Waals surface area contributed by atoms with Gasteiger partial charge in [-0.3, -0.25) is 9.59 Å². The Morgan fingerprint density at radius 2 is 2.00 bits per heavy atom. The Hall–Kier alpha value is -1.10. The van der Waals surface area contributed by atoms with E-state index in [4.69, 9.17) is 5.73 Å². The molecule has 0 aromatic carbocycles. The van der Waals surface area contributed by atoms with E-state index in [2.05, 4.69) is 0 Å². The van der Waals surface area contributed by atoms with E-state index in [1.54, 1.807) is 11.8 Å². The zero-order valence-electron chi connectivity index (χ0n) is 10.4. The molecule has 5 heteroatoms. The summed E-state index contributed by atoms with van der Waals surface area (Å²) in [5.41, 5.74) is 5.38. The predicted molar refractivity (Wildman–Crippen MR) is 64.2 cm³/mol. The molecule has 2 aliphatic rings. The van der Waals surface area contributed by atoms with Gasteiger partial charge in [0.25, 0.3) is 0 Å². The highest BCUT2D eigenvalue weighted by Crippen LogP contribution is 2.31. The van der Waals surface area contributed by atoms with Crippen molar-refractivity contribution in [3.05, 3.63) is 0 Å². The summed E-state index contributed by atoms with van der Waals surface area (Å²) >= 11 is 0. The van der Waals surface area contributed by atoms with E-state index < -0.39 is 0 Å². The van der Waals surface area contributed by atoms with Gasteiger partial charge in [0.05, 0.1) is 6.54 Å². The first-order valence-corrected chi connectivity index (χ1v) is 6.40. The van der Waals surface area contributed by atoms with Crippen LogP contribution in [0.1, 0.15) is 32.6 Å². The number of hydrogen-bond donors (Lipinski definition) is 1. The van der Waals surface area contributed by atoms with Crippen LogP contribution in [0.25, 0.3) is 0 Å². The van der Waals surface area contributed by atoms with Gasteiger partial charge < -0.3 is 15.5 Å². The molecule has 1 aliphatic carbocycles. The normalized spacial score (nSPS) is 24.6. The van der Waals surface area contributed by atoms with Gasteiger partial charge in [-0.05, 0) is 25.7 Å². The van der Waals surface area contributed by atoms with Gasteiger partial charge in [-0.2, -0.15) is 0 Å². The van der Waals surface area contributed by atoms with Gasteiger partial charge in [-0.15, -0.1) is 0 Å². The largest absolute Gasteiger partial charge is 0.340 e. The third kappa shape index (κ3) is 2.77. The Bertz CT molecular complexity index is 315. The number of carbonyl (C=O) groups excluding carboxylic acids is 2. The van der Waals surface area contributed by atoms with Gasteiger partial charge in [0, 0.05) is 32.1 Å². The van der Waals surface area contributed by atoms with E-state index in [1.807, 2.05) is 4.90 Å². The molecule has 2 fully saturated rings. The maximum absolute atomic E-state index is 11.7. The molecule has 0 bridgehead atoms. The van der Waals surface area contributed by atoms with Crippen LogP contribution in [0.2, 0.25) is 0 Å². The van der Waals surface area contributed by atoms with E-state index in [-0.39, 0.29) is 24.4 Å². The molecule has 2 amide bonds. The van der Waals surface area contributed by atoms with Crippen LogP contribution in [0, 0.1) is 0 Å². The van der Waals surface area contributed by atoms with Crippen LogP contribution >= 0.6 is 0 Å². The van der Waals surface area contributed by atoms with Gasteiger partial charge in [0.15, 0.2) is 0 Å². The Morgan fingerprint density at radius 1 is 1.29 bits per heavy atom. The summed E-state index contributed by atoms with van der Waals surface area (Å²) in [6, 6.07) is 0.620. The lowest BCUT2D eigenvalue weighted by Crippen LogP contribution is -2.53. The minimum atomic E-state index is -0.00556. The van der Waals surface area contributed by atoms with Gasteiger partial charge in [0.1, 0.15) is 0 Å². The molecule has 0 aromatic heterocycles. The second-order valence-corrected chi connectivity index (χ2v) is 5.00. The monoisotopic (exact) mass is 239 g/mol. The predicted octanol–water partition coefficient (Wildman–Crippen LogP) is -0.0530. The van der Waals surface area contributed by atoms with Gasteiger partial charge in [0.2, 0.25) is 11.8 Å². The first kappa shape index (κ1) is 12.4. The summed E-state index contributed by atoms with van der Waals surface area (Å²) in [5.74, 6) is 0.133. The molecule has 1 unspecified atom stereocenters. The maximum atomic E-state index is 11.7. The number of nitrogens with zero attached hydrogens (tertiary/aromatic N) is 2. The fourth-order valence-electron chi connectivity index (χ4n) is 2.70. The number of nitrogens with two attached hydrogens (primary N) is 1. The fraction of sp³-hybridized carbons (Fsp3) is 0.833. The average molecular weight is 239 g/mol. The molecule has 1 saturated carbocycles. The Morgan fingerprint density at radius 3 is 2.53 bits per heavy atom. The molecule has 0 spiro atoms. The van der Waals surface area contributed by atoms with Crippen molar-refractivity contribution in [2.45, 2.75) is 44.7 Å². The quantitative estimate of drug-likeness (QED) is 0.750. The molecule has 1 atom stereocenters. The number of rotatable bonds is 3. The number of hydrogen-bond acceptors (Lipinski definition) is 3. The molecule has 96 valence electrons. The van der Waals surface area contributed by atoms with Crippen LogP contribution in [0.15, 0.2) is 0 Å². The molecule has 0 radical (unpaired) electrons. The van der Waals surface area contributed by atoms with Crippen LogP contribution in [0.3, 0.4) is 0 Å². The second-order valence-electron chi connectivity index (χ2n) is 5.00. The summed E-state index contributed by atoms with van der Waals surface area (Å²) < 4.78 is 0. The van der Waals surface area contributed by atoms with Crippen LogP contribution in [0.5, 0.6) is 0 Å². The average Bonchev–Trinajstić information content (AvgIpc) is 3.12. The summed E-state index contributed by atoms with van der Waals surface area (Å²) in [6.45, 7) is 3.13. The number of likely N-dealkylation sites (tertiary alicyclic amines) is 1. The molecule has 1 heterocycles. The summed E-state index contributed by atoms with van der Waals surface area (Å²) in [4.78, 5) is 27.0. The van der Waals surface area contributed by atoms with Gasteiger partial charge >= 0.3 is 0 Å². The Labute approximate surface area is 102 Å². The van der Waals surface area contributed by atoms with E-state index in [9.17, 15) is 9.59 Å². The molecular weight excluding hydrogens is 218 g/mol. The summed E-state index contributed by atoms with van der Waals surface area (Å²) in [6.07, 6.45) is 4.19. The summed E-state index contributed by atoms with van der Waals surface area (Å²) in [7, 11) is 0. The standard InChI is InChI=1S/C12H21N3O2/c1-9(16)15(10-4-5-10)11-3-2-6-14(8-11)12(17)7-13/h10-11H,2-8,13H2,1H3. The van der Waals surface area contributed by atoms with Crippen molar-refractivity contribution >= 4 is 11.8 Å². The highest BCUT2D eigenvalue weighted by atomic mass is 16.2. The molecule has 5 nitrogen and oxygen atoms in total. The number of carbonyl (C=O) groups is 2. The minimum absolute atomic E-state index is 0.00556. The Balaban J connectivity index is 2.00. The summed E-state index contributed by atoms with van der Waals surface area (Å²) in [5, 5.41) is 0. The Kier molecular flexibility index (Phi) is 3.66. The minimum Gasteiger partial charge on any atom is -0.340 e. The molecule has 17 heavy (non-hydrogen) atoms. The zero-order chi connectivity index (χ0) is 12.4. The highest BCUT2D eigenvalue weighted by molar-refractivity contribution is 5.78. The van der Waals surface area contributed by atoms with E-state index >= 15 is 0 Å². The molecule has 0 aromatic rings. The van der Waals surface area contributed by atoms with Crippen LogP contribution in [-0.4, -0.2) is 53.3 Å². The van der Waals surface area contributed by atoms with Crippen LogP contribution in [-0.2, 0) is 9.59 Å². The third-order valence-electron chi connectivity index (χ3n) is 3.62. The lowest BCUT2D eigenvalue weighted by molar-refractivity contribution is -0.138.